The van der Waals surface area contributed by atoms with Crippen LogP contribution in [-0.2, 0) is 24.0 Å². The Morgan fingerprint density at radius 3 is 1.80 bits per heavy atom. The van der Waals surface area contributed by atoms with Gasteiger partial charge in [0.1, 0.15) is 12.1 Å². The number of carbonyl (C=O) groups is 5. The van der Waals surface area contributed by atoms with Gasteiger partial charge < -0.3 is 32.9 Å². The molecule has 0 unspecified atom stereocenters. The zero-order valence-corrected chi connectivity index (χ0v) is 14.3. The summed E-state index contributed by atoms with van der Waals surface area (Å²) >= 11 is 3.81. The average Bonchev–Trinajstić information content (AvgIpc) is 2.52. The van der Waals surface area contributed by atoms with Crippen LogP contribution in [0.3, 0.4) is 0 Å². The molecule has 0 saturated carbocycles. The van der Waals surface area contributed by atoms with E-state index in [1.165, 1.54) is 0 Å². The summed E-state index contributed by atoms with van der Waals surface area (Å²) in [7, 11) is 0. The monoisotopic (exact) mass is 377 g/mol. The quantitative estimate of drug-likeness (QED) is 0.173. The Balaban J connectivity index is 4.93. The number of hydrogen-bond acceptors (Lipinski definition) is 7. The third kappa shape index (κ3) is 9.52. The van der Waals surface area contributed by atoms with E-state index < -0.39 is 47.7 Å². The summed E-state index contributed by atoms with van der Waals surface area (Å²) in [6.07, 6.45) is -0.505. The lowest BCUT2D eigenvalue weighted by molar-refractivity contribution is -0.141. The van der Waals surface area contributed by atoms with Gasteiger partial charge >= 0.3 is 5.97 Å². The molecule has 9 N–H and O–H groups in total. The molecule has 11 nitrogen and oxygen atoms in total. The van der Waals surface area contributed by atoms with Crippen LogP contribution in [0.5, 0.6) is 0 Å². The summed E-state index contributed by atoms with van der Waals surface area (Å²) in [5, 5.41) is 13.4. The minimum atomic E-state index is -1.30. The molecule has 0 radical (unpaired) electrons. The first-order valence-corrected chi connectivity index (χ1v) is 7.98. The number of amides is 4. The molecule has 0 fully saturated rings. The molecule has 4 amide bonds. The molecule has 0 aromatic rings. The van der Waals surface area contributed by atoms with Crippen molar-refractivity contribution in [2.24, 2.45) is 17.2 Å². The van der Waals surface area contributed by atoms with Crippen molar-refractivity contribution in [2.75, 3.05) is 5.75 Å². The summed E-state index contributed by atoms with van der Waals surface area (Å²) in [4.78, 5) is 56.7. The predicted octanol–water partition coefficient (Wildman–Crippen LogP) is -3.17. The number of thiol groups is 1. The fourth-order valence-corrected chi connectivity index (χ4v) is 1.97. The molecule has 0 heterocycles. The number of hydrogen-bond donors (Lipinski definition) is 7. The van der Waals surface area contributed by atoms with Crippen molar-refractivity contribution in [3.8, 4) is 0 Å². The van der Waals surface area contributed by atoms with Crippen molar-refractivity contribution in [2.45, 2.75) is 43.8 Å². The molecular weight excluding hydrogens is 354 g/mol. The van der Waals surface area contributed by atoms with Gasteiger partial charge in [0.05, 0.1) is 6.04 Å². The van der Waals surface area contributed by atoms with Gasteiger partial charge in [-0.1, -0.05) is 0 Å². The van der Waals surface area contributed by atoms with Gasteiger partial charge in [-0.15, -0.1) is 0 Å². The molecular formula is C13H23N5O6S. The van der Waals surface area contributed by atoms with Gasteiger partial charge in [-0.25, -0.2) is 4.79 Å². The van der Waals surface area contributed by atoms with Crippen molar-refractivity contribution in [1.82, 2.24) is 10.6 Å². The Morgan fingerprint density at radius 2 is 1.36 bits per heavy atom. The summed E-state index contributed by atoms with van der Waals surface area (Å²) in [6.45, 7) is 0. The summed E-state index contributed by atoms with van der Waals surface area (Å²) in [5.74, 6) is -4.38. The van der Waals surface area contributed by atoms with Crippen LogP contribution in [0.15, 0.2) is 0 Å². The van der Waals surface area contributed by atoms with Gasteiger partial charge in [-0.05, 0) is 12.8 Å². The summed E-state index contributed by atoms with van der Waals surface area (Å²) in [6, 6.07) is -3.59. The minimum Gasteiger partial charge on any atom is -0.480 e. The Morgan fingerprint density at radius 1 is 0.880 bits per heavy atom. The molecule has 25 heavy (non-hydrogen) atoms. The van der Waals surface area contributed by atoms with Gasteiger partial charge in [0.15, 0.2) is 0 Å². The van der Waals surface area contributed by atoms with Crippen LogP contribution in [0.2, 0.25) is 0 Å². The lowest BCUT2D eigenvalue weighted by Gasteiger charge is -2.22. The van der Waals surface area contributed by atoms with Crippen molar-refractivity contribution in [1.29, 1.82) is 0 Å². The summed E-state index contributed by atoms with van der Waals surface area (Å²) < 4.78 is 0. The second-order valence-electron chi connectivity index (χ2n) is 5.26. The number of nitrogens with one attached hydrogen (secondary N) is 2. The third-order valence-corrected chi connectivity index (χ3v) is 3.51. The minimum absolute atomic E-state index is 0.0281. The van der Waals surface area contributed by atoms with Gasteiger partial charge in [-0.3, -0.25) is 19.2 Å². The number of primary amides is 2. The zero-order valence-electron chi connectivity index (χ0n) is 13.4. The maximum atomic E-state index is 12.2. The maximum absolute atomic E-state index is 12.2. The molecule has 12 heteroatoms. The number of carboxylic acid groups (broad SMARTS) is 1. The topological polar surface area (TPSA) is 208 Å². The van der Waals surface area contributed by atoms with E-state index in [1.807, 2.05) is 0 Å². The summed E-state index contributed by atoms with van der Waals surface area (Å²) in [5.41, 5.74) is 15.6. The van der Waals surface area contributed by atoms with E-state index in [1.54, 1.807) is 0 Å². The van der Waals surface area contributed by atoms with E-state index in [-0.39, 0.29) is 31.4 Å². The van der Waals surface area contributed by atoms with Crippen molar-refractivity contribution in [3.63, 3.8) is 0 Å². The molecule has 0 aromatic carbocycles. The van der Waals surface area contributed by atoms with E-state index in [4.69, 9.17) is 22.3 Å². The number of aliphatic carboxylic acids is 1. The SMILES string of the molecule is NC(=O)CC[C@H](NC(=O)[C@@H](N)CCC(N)=O)C(=O)N[C@@H](CS)C(=O)O. The Kier molecular flexibility index (Phi) is 10.2. The molecule has 0 aliphatic heterocycles. The molecule has 0 aliphatic rings. The number of carbonyl (C=O) groups excluding carboxylic acids is 4. The van der Waals surface area contributed by atoms with Crippen LogP contribution in [0.25, 0.3) is 0 Å². The normalized spacial score (nSPS) is 14.0. The van der Waals surface area contributed by atoms with E-state index >= 15 is 0 Å². The number of carboxylic acids is 1. The largest absolute Gasteiger partial charge is 0.480 e. The maximum Gasteiger partial charge on any atom is 0.327 e. The van der Waals surface area contributed by atoms with Crippen LogP contribution < -0.4 is 27.8 Å². The van der Waals surface area contributed by atoms with Crippen LogP contribution in [0.1, 0.15) is 25.7 Å². The fourth-order valence-electron chi connectivity index (χ4n) is 1.72. The van der Waals surface area contributed by atoms with Crippen LogP contribution in [-0.4, -0.2) is 58.6 Å². The third-order valence-electron chi connectivity index (χ3n) is 3.15. The Bertz CT molecular complexity index is 529. The Labute approximate surface area is 149 Å². The highest BCUT2D eigenvalue weighted by atomic mass is 32.1. The molecule has 0 rings (SSSR count). The fraction of sp³-hybridized carbons (Fsp3) is 0.615. The molecule has 0 saturated heterocycles. The number of nitrogens with two attached hydrogens (primary N) is 3. The highest BCUT2D eigenvalue weighted by Gasteiger charge is 2.27. The van der Waals surface area contributed by atoms with E-state index in [0.717, 1.165) is 0 Å². The first kappa shape index (κ1) is 22.7. The first-order chi connectivity index (χ1) is 11.6. The molecule has 3 atom stereocenters. The van der Waals surface area contributed by atoms with Crippen molar-refractivity contribution >= 4 is 42.2 Å². The molecule has 0 spiro atoms. The average molecular weight is 377 g/mol. The molecule has 142 valence electrons. The highest BCUT2D eigenvalue weighted by molar-refractivity contribution is 7.80. The van der Waals surface area contributed by atoms with Crippen molar-refractivity contribution in [3.05, 3.63) is 0 Å². The lowest BCUT2D eigenvalue weighted by atomic mass is 10.1. The molecule has 0 aliphatic carbocycles. The zero-order chi connectivity index (χ0) is 19.6. The standard InChI is InChI=1S/C13H23N5O6S/c14-6(1-3-9(15)19)11(21)17-7(2-4-10(16)20)12(22)18-8(5-25)13(23)24/h6-8,25H,1-5,14H2,(H2,15,19)(H2,16,20)(H,17,21)(H,18,22)(H,23,24)/t6-,7-,8-/m0/s1. The second-order valence-corrected chi connectivity index (χ2v) is 5.62. The van der Waals surface area contributed by atoms with Gasteiger partial charge in [0.25, 0.3) is 0 Å². The number of rotatable bonds is 12. The van der Waals surface area contributed by atoms with E-state index in [9.17, 15) is 24.0 Å². The van der Waals surface area contributed by atoms with Crippen LogP contribution in [0, 0.1) is 0 Å². The van der Waals surface area contributed by atoms with Crippen LogP contribution >= 0.6 is 12.6 Å². The van der Waals surface area contributed by atoms with Gasteiger partial charge in [0, 0.05) is 18.6 Å². The van der Waals surface area contributed by atoms with E-state index in [2.05, 4.69) is 23.3 Å². The molecule has 0 aromatic heterocycles. The van der Waals surface area contributed by atoms with Gasteiger partial charge in [-0.2, -0.15) is 12.6 Å². The highest BCUT2D eigenvalue weighted by Crippen LogP contribution is 2.02. The Hall–Kier alpha value is -2.34. The van der Waals surface area contributed by atoms with Gasteiger partial charge in [0.2, 0.25) is 23.6 Å². The smallest absolute Gasteiger partial charge is 0.327 e. The van der Waals surface area contributed by atoms with E-state index in [0.29, 0.717) is 0 Å². The second kappa shape index (κ2) is 11.3. The van der Waals surface area contributed by atoms with Crippen LogP contribution in [0.4, 0.5) is 0 Å². The molecule has 0 bridgehead atoms. The lowest BCUT2D eigenvalue weighted by Crippen LogP contribution is -2.55. The van der Waals surface area contributed by atoms with Crippen molar-refractivity contribution < 1.29 is 29.1 Å². The first-order valence-electron chi connectivity index (χ1n) is 7.35. The predicted molar refractivity (Wildman–Crippen MR) is 90.2 cm³/mol.